The van der Waals surface area contributed by atoms with Crippen molar-refractivity contribution in [2.75, 3.05) is 6.61 Å². The Balaban J connectivity index is 2.42. The van der Waals surface area contributed by atoms with E-state index in [2.05, 4.69) is 9.78 Å². The molecule has 10 heteroatoms. The highest BCUT2D eigenvalue weighted by Gasteiger charge is 2.54. The lowest BCUT2D eigenvalue weighted by Gasteiger charge is -2.45. The number of hydrogen-bond donors (Lipinski definition) is 5. The fourth-order valence-corrected chi connectivity index (χ4v) is 2.49. The Morgan fingerprint density at radius 3 is 2.40 bits per heavy atom. The van der Waals surface area contributed by atoms with E-state index >= 15 is 0 Å². The quantitative estimate of drug-likeness (QED) is 0.300. The lowest BCUT2D eigenvalue weighted by Crippen LogP contribution is -2.63. The van der Waals surface area contributed by atoms with E-state index in [0.29, 0.717) is 0 Å². The number of rotatable bonds is 3. The standard InChI is InChI=1S/C15H18O10/c1-7(17)24-25-14(21)8-4-2-3-5-9(8)15(22)13(20)12(19)11(18)10(6-16)23-15/h2-5,10-13,16,18-20,22H,6H2,1H3/t10-,11-,12+,13-,15?/m1/s1. The normalized spacial score (nSPS) is 32.1. The summed E-state index contributed by atoms with van der Waals surface area (Å²) >= 11 is 0. The van der Waals surface area contributed by atoms with Crippen LogP contribution in [0, 0.1) is 0 Å². The van der Waals surface area contributed by atoms with Crippen LogP contribution in [0.2, 0.25) is 0 Å². The van der Waals surface area contributed by atoms with E-state index in [1.54, 1.807) is 0 Å². The van der Waals surface area contributed by atoms with Crippen molar-refractivity contribution in [1.29, 1.82) is 0 Å². The highest BCUT2D eigenvalue weighted by atomic mass is 17.2. The molecule has 0 aliphatic carbocycles. The minimum Gasteiger partial charge on any atom is -0.394 e. The average Bonchev–Trinajstić information content (AvgIpc) is 2.61. The van der Waals surface area contributed by atoms with Crippen LogP contribution in [0.25, 0.3) is 0 Å². The van der Waals surface area contributed by atoms with Crippen molar-refractivity contribution >= 4 is 11.9 Å². The molecule has 1 saturated heterocycles. The SMILES string of the molecule is CC(=O)OOC(=O)c1ccccc1C1(O)O[C@H](CO)[C@@H](O)[C@H](O)[C@H]1O. The van der Waals surface area contributed by atoms with Crippen LogP contribution >= 0.6 is 0 Å². The number of aliphatic hydroxyl groups excluding tert-OH is 4. The maximum Gasteiger partial charge on any atom is 0.386 e. The number of hydrogen-bond acceptors (Lipinski definition) is 10. The van der Waals surface area contributed by atoms with Gasteiger partial charge in [-0.3, -0.25) is 0 Å². The van der Waals surface area contributed by atoms with Gasteiger partial charge in [-0.25, -0.2) is 19.4 Å². The van der Waals surface area contributed by atoms with E-state index in [1.807, 2.05) is 0 Å². The molecule has 1 unspecified atom stereocenters. The molecule has 1 fully saturated rings. The van der Waals surface area contributed by atoms with Gasteiger partial charge in [0, 0.05) is 12.5 Å². The maximum absolute atomic E-state index is 12.0. The highest BCUT2D eigenvalue weighted by molar-refractivity contribution is 5.91. The third-order valence-corrected chi connectivity index (χ3v) is 3.73. The van der Waals surface area contributed by atoms with E-state index in [-0.39, 0.29) is 11.1 Å². The zero-order valence-electron chi connectivity index (χ0n) is 13.1. The summed E-state index contributed by atoms with van der Waals surface area (Å²) < 4.78 is 5.15. The topological polar surface area (TPSA) is 163 Å². The second kappa shape index (κ2) is 7.44. The van der Waals surface area contributed by atoms with Crippen LogP contribution in [0.4, 0.5) is 0 Å². The monoisotopic (exact) mass is 358 g/mol. The van der Waals surface area contributed by atoms with Crippen LogP contribution in [0.5, 0.6) is 0 Å². The molecule has 10 nitrogen and oxygen atoms in total. The molecular formula is C15H18O10. The minimum absolute atomic E-state index is 0.316. The molecule has 1 aromatic carbocycles. The summed E-state index contributed by atoms with van der Waals surface area (Å²) in [7, 11) is 0. The molecule has 2 rings (SSSR count). The van der Waals surface area contributed by atoms with Gasteiger partial charge in [0.25, 0.3) is 0 Å². The first-order chi connectivity index (χ1) is 11.7. The van der Waals surface area contributed by atoms with Gasteiger partial charge in [0.05, 0.1) is 12.2 Å². The smallest absolute Gasteiger partial charge is 0.386 e. The molecule has 1 aliphatic rings. The van der Waals surface area contributed by atoms with Gasteiger partial charge in [-0.05, 0) is 6.07 Å². The predicted molar refractivity (Wildman–Crippen MR) is 77.5 cm³/mol. The largest absolute Gasteiger partial charge is 0.394 e. The molecular weight excluding hydrogens is 340 g/mol. The molecule has 0 radical (unpaired) electrons. The van der Waals surface area contributed by atoms with Crippen molar-refractivity contribution in [3.63, 3.8) is 0 Å². The number of ether oxygens (including phenoxy) is 1. The molecule has 1 aliphatic heterocycles. The molecule has 0 saturated carbocycles. The van der Waals surface area contributed by atoms with Crippen molar-refractivity contribution in [2.24, 2.45) is 0 Å². The summed E-state index contributed by atoms with van der Waals surface area (Å²) in [6.45, 7) is 0.234. The molecule has 5 N–H and O–H groups in total. The van der Waals surface area contributed by atoms with Gasteiger partial charge in [0.15, 0.2) is 0 Å². The Morgan fingerprint density at radius 2 is 1.80 bits per heavy atom. The Kier molecular flexibility index (Phi) is 5.72. The first-order valence-electron chi connectivity index (χ1n) is 7.26. The lowest BCUT2D eigenvalue weighted by molar-refractivity contribution is -0.358. The summed E-state index contributed by atoms with van der Waals surface area (Å²) in [5.41, 5.74) is -0.644. The van der Waals surface area contributed by atoms with Crippen molar-refractivity contribution in [1.82, 2.24) is 0 Å². The number of carbonyl (C=O) groups is 2. The van der Waals surface area contributed by atoms with Crippen LogP contribution in [-0.2, 0) is 25.1 Å². The van der Waals surface area contributed by atoms with E-state index in [0.717, 1.165) is 6.92 Å². The molecule has 0 amide bonds. The summed E-state index contributed by atoms with van der Waals surface area (Å²) in [6, 6.07) is 5.20. The molecule has 1 heterocycles. The first-order valence-corrected chi connectivity index (χ1v) is 7.26. The van der Waals surface area contributed by atoms with E-state index < -0.39 is 48.7 Å². The molecule has 0 bridgehead atoms. The Labute approximate surface area is 141 Å². The molecule has 138 valence electrons. The van der Waals surface area contributed by atoms with E-state index in [4.69, 9.17) is 4.74 Å². The van der Waals surface area contributed by atoms with Crippen LogP contribution in [0.3, 0.4) is 0 Å². The zero-order chi connectivity index (χ0) is 18.8. The van der Waals surface area contributed by atoms with Gasteiger partial charge in [0.1, 0.15) is 24.4 Å². The van der Waals surface area contributed by atoms with Crippen molar-refractivity contribution in [2.45, 2.75) is 37.1 Å². The van der Waals surface area contributed by atoms with Crippen LogP contribution in [-0.4, -0.2) is 68.5 Å². The van der Waals surface area contributed by atoms with Gasteiger partial charge in [0.2, 0.25) is 5.79 Å². The Bertz CT molecular complexity index is 645. The van der Waals surface area contributed by atoms with Crippen LogP contribution < -0.4 is 0 Å². The van der Waals surface area contributed by atoms with Gasteiger partial charge in [-0.15, -0.1) is 0 Å². The fourth-order valence-electron chi connectivity index (χ4n) is 2.49. The number of carbonyl (C=O) groups excluding carboxylic acids is 2. The van der Waals surface area contributed by atoms with Crippen LogP contribution in [0.1, 0.15) is 22.8 Å². The van der Waals surface area contributed by atoms with E-state index in [9.17, 15) is 35.1 Å². The van der Waals surface area contributed by atoms with Crippen molar-refractivity contribution < 1.29 is 49.6 Å². The Morgan fingerprint density at radius 1 is 1.16 bits per heavy atom. The molecule has 25 heavy (non-hydrogen) atoms. The van der Waals surface area contributed by atoms with Gasteiger partial charge in [-0.1, -0.05) is 18.2 Å². The minimum atomic E-state index is -2.64. The van der Waals surface area contributed by atoms with Crippen LogP contribution in [0.15, 0.2) is 24.3 Å². The predicted octanol–water partition coefficient (Wildman–Crippen LogP) is -2.06. The summed E-state index contributed by atoms with van der Waals surface area (Å²) in [5, 5.41) is 49.8. The third kappa shape index (κ3) is 3.63. The van der Waals surface area contributed by atoms with Gasteiger partial charge >= 0.3 is 11.9 Å². The van der Waals surface area contributed by atoms with Gasteiger partial charge < -0.3 is 30.3 Å². The second-order valence-electron chi connectivity index (χ2n) is 5.45. The summed E-state index contributed by atoms with van der Waals surface area (Å²) in [6.07, 6.45) is -7.01. The average molecular weight is 358 g/mol. The molecule has 1 aromatic rings. The summed E-state index contributed by atoms with van der Waals surface area (Å²) in [4.78, 5) is 31.2. The maximum atomic E-state index is 12.0. The van der Waals surface area contributed by atoms with Crippen molar-refractivity contribution in [3.8, 4) is 0 Å². The molecule has 5 atom stereocenters. The number of benzene rings is 1. The summed E-state index contributed by atoms with van der Waals surface area (Å²) in [5.74, 6) is -4.70. The van der Waals surface area contributed by atoms with Crippen molar-refractivity contribution in [3.05, 3.63) is 35.4 Å². The third-order valence-electron chi connectivity index (χ3n) is 3.73. The highest BCUT2D eigenvalue weighted by Crippen LogP contribution is 2.38. The molecule has 0 aromatic heterocycles. The van der Waals surface area contributed by atoms with E-state index in [1.165, 1.54) is 24.3 Å². The Hall–Kier alpha value is -2.08. The second-order valence-corrected chi connectivity index (χ2v) is 5.45. The van der Waals surface area contributed by atoms with Gasteiger partial charge in [-0.2, -0.15) is 0 Å². The fraction of sp³-hybridized carbons (Fsp3) is 0.467. The lowest BCUT2D eigenvalue weighted by atomic mass is 9.86. The first kappa shape index (κ1) is 19.2. The zero-order valence-corrected chi connectivity index (χ0v) is 13.1. The number of aliphatic hydroxyl groups is 5. The molecule has 0 spiro atoms.